The number of thiazole rings is 1. The number of fused-ring (bicyclic) bond motifs is 1. The van der Waals surface area contributed by atoms with Crippen LogP contribution in [-0.2, 0) is 6.54 Å². The van der Waals surface area contributed by atoms with Crippen molar-refractivity contribution >= 4 is 44.8 Å². The Bertz CT molecular complexity index is 994. The number of aryl methyl sites for hydroxylation is 1. The molecule has 0 saturated carbocycles. The van der Waals surface area contributed by atoms with Crippen LogP contribution in [0.25, 0.3) is 22.2 Å². The number of hydrogen-bond donors (Lipinski definition) is 1. The molecule has 0 spiro atoms. The highest BCUT2D eigenvalue weighted by Gasteiger charge is 2.13. The number of rotatable bonds is 4. The minimum absolute atomic E-state index is 0.633. The van der Waals surface area contributed by atoms with E-state index in [0.29, 0.717) is 5.02 Å². The van der Waals surface area contributed by atoms with Gasteiger partial charge in [0.05, 0.1) is 16.2 Å². The largest absolute Gasteiger partial charge is 0.314 e. The van der Waals surface area contributed by atoms with Crippen LogP contribution >= 0.6 is 22.9 Å². The maximum Gasteiger partial charge on any atom is 0.188 e. The van der Waals surface area contributed by atoms with Gasteiger partial charge in [-0.15, -0.1) is 11.3 Å². The SMILES string of the molecule is CCn1nc(Nc2nccs2)c2cc(-c3ncccc3Cl)ccc21. The molecule has 1 aromatic carbocycles. The van der Waals surface area contributed by atoms with Gasteiger partial charge in [0, 0.05) is 35.3 Å². The predicted octanol–water partition coefficient (Wildman–Crippen LogP) is 4.97. The average Bonchev–Trinajstić information content (AvgIpc) is 3.23. The van der Waals surface area contributed by atoms with Crippen molar-refractivity contribution < 1.29 is 0 Å². The van der Waals surface area contributed by atoms with E-state index in [0.717, 1.165) is 39.7 Å². The lowest BCUT2D eigenvalue weighted by Crippen LogP contribution is -1.97. The first-order valence-corrected chi connectivity index (χ1v) is 8.80. The Morgan fingerprint density at radius 3 is 2.88 bits per heavy atom. The number of nitrogens with one attached hydrogen (secondary N) is 1. The number of halogens is 1. The van der Waals surface area contributed by atoms with Crippen LogP contribution in [0.1, 0.15) is 6.92 Å². The van der Waals surface area contributed by atoms with Crippen LogP contribution < -0.4 is 5.32 Å². The predicted molar refractivity (Wildman–Crippen MR) is 99.0 cm³/mol. The fourth-order valence-electron chi connectivity index (χ4n) is 2.64. The second kappa shape index (κ2) is 6.22. The second-order valence-electron chi connectivity index (χ2n) is 5.19. The van der Waals surface area contributed by atoms with E-state index in [9.17, 15) is 0 Å². The molecule has 0 amide bonds. The molecule has 3 aromatic heterocycles. The molecule has 0 bridgehead atoms. The molecule has 0 fully saturated rings. The van der Waals surface area contributed by atoms with Crippen molar-refractivity contribution in [3.05, 3.63) is 53.1 Å². The standard InChI is InChI=1S/C17H14ClN5S/c1-2-23-14-6-5-11(15-13(18)4-3-7-19-15)10-12(14)16(22-23)21-17-20-8-9-24-17/h3-10H,2H2,1H3,(H,20,21,22). The Morgan fingerprint density at radius 1 is 1.21 bits per heavy atom. The summed E-state index contributed by atoms with van der Waals surface area (Å²) in [6.45, 7) is 2.86. The van der Waals surface area contributed by atoms with Crippen molar-refractivity contribution in [1.29, 1.82) is 0 Å². The van der Waals surface area contributed by atoms with E-state index in [-0.39, 0.29) is 0 Å². The maximum absolute atomic E-state index is 6.29. The summed E-state index contributed by atoms with van der Waals surface area (Å²) in [6, 6.07) is 9.82. The van der Waals surface area contributed by atoms with Crippen molar-refractivity contribution in [2.45, 2.75) is 13.5 Å². The zero-order valence-electron chi connectivity index (χ0n) is 12.9. The Kier molecular flexibility index (Phi) is 3.92. The first kappa shape index (κ1) is 15.1. The van der Waals surface area contributed by atoms with Gasteiger partial charge in [-0.3, -0.25) is 9.67 Å². The summed E-state index contributed by atoms with van der Waals surface area (Å²) in [5.41, 5.74) is 2.80. The fourth-order valence-corrected chi connectivity index (χ4v) is 3.40. The molecule has 7 heteroatoms. The van der Waals surface area contributed by atoms with Crippen LogP contribution in [0, 0.1) is 0 Å². The molecule has 3 heterocycles. The third kappa shape index (κ3) is 2.64. The number of hydrogen-bond acceptors (Lipinski definition) is 5. The van der Waals surface area contributed by atoms with E-state index in [1.54, 1.807) is 23.7 Å². The topological polar surface area (TPSA) is 55.6 Å². The van der Waals surface area contributed by atoms with E-state index in [1.165, 1.54) is 0 Å². The van der Waals surface area contributed by atoms with E-state index in [4.69, 9.17) is 11.6 Å². The van der Waals surface area contributed by atoms with Gasteiger partial charge in [-0.1, -0.05) is 17.7 Å². The van der Waals surface area contributed by atoms with Gasteiger partial charge in [0.2, 0.25) is 0 Å². The summed E-state index contributed by atoms with van der Waals surface area (Å²) >= 11 is 7.83. The first-order valence-electron chi connectivity index (χ1n) is 7.54. The quantitative estimate of drug-likeness (QED) is 0.561. The first-order chi connectivity index (χ1) is 11.8. The van der Waals surface area contributed by atoms with Crippen LogP contribution in [0.2, 0.25) is 5.02 Å². The van der Waals surface area contributed by atoms with Gasteiger partial charge < -0.3 is 5.32 Å². The molecule has 0 saturated heterocycles. The highest BCUT2D eigenvalue weighted by Crippen LogP contribution is 2.32. The molecule has 0 radical (unpaired) electrons. The van der Waals surface area contributed by atoms with Gasteiger partial charge in [-0.2, -0.15) is 5.10 Å². The minimum atomic E-state index is 0.633. The Labute approximate surface area is 147 Å². The van der Waals surface area contributed by atoms with Crippen molar-refractivity contribution in [1.82, 2.24) is 19.7 Å². The summed E-state index contributed by atoms with van der Waals surface area (Å²) in [5.74, 6) is 0.788. The van der Waals surface area contributed by atoms with Crippen LogP contribution in [-0.4, -0.2) is 19.7 Å². The molecule has 0 aliphatic carbocycles. The number of anilines is 2. The highest BCUT2D eigenvalue weighted by molar-refractivity contribution is 7.13. The van der Waals surface area contributed by atoms with E-state index < -0.39 is 0 Å². The van der Waals surface area contributed by atoms with Gasteiger partial charge in [0.1, 0.15) is 0 Å². The summed E-state index contributed by atoms with van der Waals surface area (Å²) in [7, 11) is 0. The summed E-state index contributed by atoms with van der Waals surface area (Å²) < 4.78 is 1.97. The minimum Gasteiger partial charge on any atom is -0.314 e. The second-order valence-corrected chi connectivity index (χ2v) is 6.49. The Balaban J connectivity index is 1.87. The van der Waals surface area contributed by atoms with E-state index >= 15 is 0 Å². The molecule has 120 valence electrons. The van der Waals surface area contributed by atoms with E-state index in [2.05, 4.69) is 39.4 Å². The summed E-state index contributed by atoms with van der Waals surface area (Å²) in [4.78, 5) is 8.67. The maximum atomic E-state index is 6.29. The van der Waals surface area contributed by atoms with Gasteiger partial charge >= 0.3 is 0 Å². The molecular weight excluding hydrogens is 342 g/mol. The monoisotopic (exact) mass is 355 g/mol. The van der Waals surface area contributed by atoms with Crippen molar-refractivity contribution in [2.24, 2.45) is 0 Å². The number of aromatic nitrogens is 4. The molecule has 4 aromatic rings. The molecule has 0 aliphatic rings. The molecule has 0 atom stereocenters. The summed E-state index contributed by atoms with van der Waals surface area (Å²) in [5, 5.41) is 12.4. The Morgan fingerprint density at radius 2 is 2.12 bits per heavy atom. The summed E-state index contributed by atoms with van der Waals surface area (Å²) in [6.07, 6.45) is 3.51. The molecule has 1 N–H and O–H groups in total. The zero-order chi connectivity index (χ0) is 16.5. The molecule has 5 nitrogen and oxygen atoms in total. The van der Waals surface area contributed by atoms with Crippen LogP contribution in [0.5, 0.6) is 0 Å². The van der Waals surface area contributed by atoms with Gasteiger partial charge in [-0.25, -0.2) is 4.98 Å². The molecular formula is C17H14ClN5S. The number of nitrogens with zero attached hydrogens (tertiary/aromatic N) is 4. The smallest absolute Gasteiger partial charge is 0.188 e. The molecule has 24 heavy (non-hydrogen) atoms. The zero-order valence-corrected chi connectivity index (χ0v) is 14.5. The lowest BCUT2D eigenvalue weighted by atomic mass is 10.1. The van der Waals surface area contributed by atoms with Crippen molar-refractivity contribution in [3.8, 4) is 11.3 Å². The van der Waals surface area contributed by atoms with E-state index in [1.807, 2.05) is 28.3 Å². The lowest BCUT2D eigenvalue weighted by molar-refractivity contribution is 0.687. The normalized spacial score (nSPS) is 11.1. The molecule has 0 unspecified atom stereocenters. The van der Waals surface area contributed by atoms with Crippen LogP contribution in [0.15, 0.2) is 48.1 Å². The van der Waals surface area contributed by atoms with Gasteiger partial charge in [0.25, 0.3) is 0 Å². The van der Waals surface area contributed by atoms with Crippen LogP contribution in [0.3, 0.4) is 0 Å². The fraction of sp³-hybridized carbons (Fsp3) is 0.118. The van der Waals surface area contributed by atoms with Crippen molar-refractivity contribution in [3.63, 3.8) is 0 Å². The van der Waals surface area contributed by atoms with Gasteiger partial charge in [0.15, 0.2) is 10.9 Å². The lowest BCUT2D eigenvalue weighted by Gasteiger charge is -2.04. The average molecular weight is 356 g/mol. The number of benzene rings is 1. The molecule has 0 aliphatic heterocycles. The highest BCUT2D eigenvalue weighted by atomic mass is 35.5. The number of pyridine rings is 1. The third-order valence-corrected chi connectivity index (χ3v) is 4.73. The molecule has 4 rings (SSSR count). The van der Waals surface area contributed by atoms with Crippen LogP contribution in [0.4, 0.5) is 10.9 Å². The third-order valence-electron chi connectivity index (χ3n) is 3.74. The van der Waals surface area contributed by atoms with Crippen molar-refractivity contribution in [2.75, 3.05) is 5.32 Å². The van der Waals surface area contributed by atoms with Gasteiger partial charge in [-0.05, 0) is 31.2 Å². The Hall–Kier alpha value is -2.44.